The Morgan fingerprint density at radius 2 is 1.87 bits per heavy atom. The van der Waals surface area contributed by atoms with Crippen LogP contribution in [0, 0.1) is 0 Å². The fourth-order valence-corrected chi connectivity index (χ4v) is 7.44. The second kappa shape index (κ2) is 9.21. The van der Waals surface area contributed by atoms with E-state index in [0.29, 0.717) is 36.0 Å². The van der Waals surface area contributed by atoms with Crippen molar-refractivity contribution in [3.8, 4) is 0 Å². The van der Waals surface area contributed by atoms with E-state index in [1.807, 2.05) is 16.7 Å². The molecule has 0 saturated carbocycles. The standard InChI is InChI=1S/C19H21N3O4S4/c23-18(22-13-28-12-16(22)19(24)21-6-9-27-10-7-21)14-3-1-4-15(11-14)20-30(25,26)17-5-2-8-29-17/h1-5,8,11,16,20H,6-7,9-10,12-13H2. The first-order valence-corrected chi connectivity index (χ1v) is 14.0. The van der Waals surface area contributed by atoms with E-state index in [4.69, 9.17) is 0 Å². The number of hydrogen-bond donors (Lipinski definition) is 1. The largest absolute Gasteiger partial charge is 0.339 e. The Balaban J connectivity index is 1.50. The number of carbonyl (C=O) groups excluding carboxylic acids is 2. The zero-order valence-electron chi connectivity index (χ0n) is 16.0. The maximum atomic E-state index is 13.2. The lowest BCUT2D eigenvalue weighted by atomic mass is 10.1. The summed E-state index contributed by atoms with van der Waals surface area (Å²) < 4.78 is 27.7. The third-order valence-electron chi connectivity index (χ3n) is 4.87. The van der Waals surface area contributed by atoms with Crippen LogP contribution in [0.5, 0.6) is 0 Å². The molecule has 1 atom stereocenters. The highest BCUT2D eigenvalue weighted by Crippen LogP contribution is 2.27. The molecule has 0 bridgehead atoms. The summed E-state index contributed by atoms with van der Waals surface area (Å²) in [4.78, 5) is 29.6. The van der Waals surface area contributed by atoms with E-state index in [0.717, 1.165) is 22.8 Å². The van der Waals surface area contributed by atoms with Crippen molar-refractivity contribution >= 4 is 62.4 Å². The van der Waals surface area contributed by atoms with Crippen molar-refractivity contribution < 1.29 is 18.0 Å². The second-order valence-corrected chi connectivity index (χ2v) is 11.9. The molecule has 30 heavy (non-hydrogen) atoms. The quantitative estimate of drug-likeness (QED) is 0.704. The molecule has 3 heterocycles. The van der Waals surface area contributed by atoms with Crippen molar-refractivity contribution in [1.29, 1.82) is 0 Å². The fraction of sp³-hybridized carbons (Fsp3) is 0.368. The van der Waals surface area contributed by atoms with Crippen LogP contribution in [0.3, 0.4) is 0 Å². The Morgan fingerprint density at radius 3 is 2.60 bits per heavy atom. The minimum Gasteiger partial charge on any atom is -0.339 e. The number of nitrogens with one attached hydrogen (secondary N) is 1. The zero-order chi connectivity index (χ0) is 21.1. The first kappa shape index (κ1) is 21.5. The third-order valence-corrected chi connectivity index (χ3v) is 9.61. The Labute approximate surface area is 188 Å². The van der Waals surface area contributed by atoms with E-state index in [1.54, 1.807) is 46.3 Å². The van der Waals surface area contributed by atoms with Crippen LogP contribution >= 0.6 is 34.9 Å². The van der Waals surface area contributed by atoms with Gasteiger partial charge in [-0.1, -0.05) is 12.1 Å². The van der Waals surface area contributed by atoms with Crippen LogP contribution in [0.15, 0.2) is 46.0 Å². The maximum Gasteiger partial charge on any atom is 0.271 e. The summed E-state index contributed by atoms with van der Waals surface area (Å²) in [5.74, 6) is 2.62. The average Bonchev–Trinajstić information content (AvgIpc) is 3.46. The van der Waals surface area contributed by atoms with Gasteiger partial charge < -0.3 is 9.80 Å². The molecule has 2 fully saturated rings. The van der Waals surface area contributed by atoms with Gasteiger partial charge in [0.1, 0.15) is 10.3 Å². The Bertz CT molecular complexity index is 1020. The molecule has 2 aliphatic rings. The van der Waals surface area contributed by atoms with E-state index in [-0.39, 0.29) is 16.0 Å². The summed E-state index contributed by atoms with van der Waals surface area (Å²) in [6, 6.07) is 9.14. The molecule has 11 heteroatoms. The topological polar surface area (TPSA) is 86.8 Å². The predicted octanol–water partition coefficient (Wildman–Crippen LogP) is 2.64. The number of carbonyl (C=O) groups is 2. The van der Waals surface area contributed by atoms with Crippen LogP contribution in [0.4, 0.5) is 5.69 Å². The summed E-state index contributed by atoms with van der Waals surface area (Å²) in [5, 5.41) is 1.69. The number of hydrogen-bond acceptors (Lipinski definition) is 7. The summed E-state index contributed by atoms with van der Waals surface area (Å²) in [5.41, 5.74) is 0.674. The Kier molecular flexibility index (Phi) is 6.61. The summed E-state index contributed by atoms with van der Waals surface area (Å²) >= 11 is 4.52. The van der Waals surface area contributed by atoms with Crippen molar-refractivity contribution in [2.75, 3.05) is 40.9 Å². The van der Waals surface area contributed by atoms with Gasteiger partial charge in [0.2, 0.25) is 5.91 Å². The maximum absolute atomic E-state index is 13.2. The van der Waals surface area contributed by atoms with Crippen LogP contribution in [0.25, 0.3) is 0 Å². The number of rotatable bonds is 5. The van der Waals surface area contributed by atoms with Crippen LogP contribution < -0.4 is 4.72 Å². The first-order chi connectivity index (χ1) is 14.5. The number of thiophene rings is 1. The second-order valence-electron chi connectivity index (χ2n) is 6.85. The number of anilines is 1. The van der Waals surface area contributed by atoms with E-state index in [9.17, 15) is 18.0 Å². The molecule has 7 nitrogen and oxygen atoms in total. The SMILES string of the molecule is O=C(C1CSCN1C(=O)c1cccc(NS(=O)(=O)c2cccs2)c1)N1CCSCC1. The Morgan fingerprint density at radius 1 is 1.07 bits per heavy atom. The van der Waals surface area contributed by atoms with E-state index >= 15 is 0 Å². The minimum atomic E-state index is -3.69. The molecule has 160 valence electrons. The Hall–Kier alpha value is -1.69. The monoisotopic (exact) mass is 483 g/mol. The third kappa shape index (κ3) is 4.63. The van der Waals surface area contributed by atoms with Crippen molar-refractivity contribution in [1.82, 2.24) is 9.80 Å². The summed E-state index contributed by atoms with van der Waals surface area (Å²) in [6.45, 7) is 1.43. The van der Waals surface area contributed by atoms with Crippen molar-refractivity contribution in [3.05, 3.63) is 47.3 Å². The number of sulfonamides is 1. The molecule has 1 aromatic carbocycles. The predicted molar refractivity (Wildman–Crippen MR) is 123 cm³/mol. The molecule has 2 aromatic rings. The van der Waals surface area contributed by atoms with Gasteiger partial charge in [0, 0.05) is 41.6 Å². The lowest BCUT2D eigenvalue weighted by molar-refractivity contribution is -0.134. The van der Waals surface area contributed by atoms with Gasteiger partial charge in [0.05, 0.1) is 5.88 Å². The zero-order valence-corrected chi connectivity index (χ0v) is 19.3. The smallest absolute Gasteiger partial charge is 0.271 e. The van der Waals surface area contributed by atoms with Crippen LogP contribution in [-0.4, -0.2) is 72.3 Å². The highest BCUT2D eigenvalue weighted by molar-refractivity contribution is 7.99. The van der Waals surface area contributed by atoms with Gasteiger partial charge in [0.25, 0.3) is 15.9 Å². The van der Waals surface area contributed by atoms with Gasteiger partial charge in [-0.15, -0.1) is 23.1 Å². The van der Waals surface area contributed by atoms with Gasteiger partial charge in [-0.2, -0.15) is 11.8 Å². The van der Waals surface area contributed by atoms with E-state index < -0.39 is 16.1 Å². The van der Waals surface area contributed by atoms with Crippen LogP contribution in [0.2, 0.25) is 0 Å². The summed E-state index contributed by atoms with van der Waals surface area (Å²) in [7, 11) is -3.69. The molecule has 1 aromatic heterocycles. The van der Waals surface area contributed by atoms with Gasteiger partial charge >= 0.3 is 0 Å². The molecule has 0 radical (unpaired) electrons. The molecule has 0 spiro atoms. The molecular weight excluding hydrogens is 462 g/mol. The number of benzene rings is 1. The van der Waals surface area contributed by atoms with Crippen LogP contribution in [-0.2, 0) is 14.8 Å². The molecule has 2 aliphatic heterocycles. The molecule has 0 aliphatic carbocycles. The van der Waals surface area contributed by atoms with Gasteiger partial charge in [-0.3, -0.25) is 14.3 Å². The molecule has 4 rings (SSSR count). The molecule has 1 unspecified atom stereocenters. The highest BCUT2D eigenvalue weighted by atomic mass is 32.2. The van der Waals surface area contributed by atoms with Gasteiger partial charge in [-0.05, 0) is 29.6 Å². The summed E-state index contributed by atoms with van der Waals surface area (Å²) in [6.07, 6.45) is 0. The van der Waals surface area contributed by atoms with Gasteiger partial charge in [0.15, 0.2) is 0 Å². The fourth-order valence-electron chi connectivity index (χ4n) is 3.35. The van der Waals surface area contributed by atoms with Crippen molar-refractivity contribution in [2.45, 2.75) is 10.3 Å². The van der Waals surface area contributed by atoms with E-state index in [2.05, 4.69) is 4.72 Å². The average molecular weight is 484 g/mol. The number of nitrogens with zero attached hydrogens (tertiary/aromatic N) is 2. The number of amides is 2. The molecule has 2 saturated heterocycles. The minimum absolute atomic E-state index is 0.00297. The number of thioether (sulfide) groups is 2. The van der Waals surface area contributed by atoms with Crippen molar-refractivity contribution in [3.63, 3.8) is 0 Å². The lowest BCUT2D eigenvalue weighted by Gasteiger charge is -2.32. The highest BCUT2D eigenvalue weighted by Gasteiger charge is 2.37. The normalized spacial score (nSPS) is 19.7. The molecular formula is C19H21N3O4S4. The lowest BCUT2D eigenvalue weighted by Crippen LogP contribution is -2.51. The van der Waals surface area contributed by atoms with Gasteiger partial charge in [-0.25, -0.2) is 8.42 Å². The van der Waals surface area contributed by atoms with Crippen molar-refractivity contribution in [2.24, 2.45) is 0 Å². The first-order valence-electron chi connectivity index (χ1n) is 9.37. The van der Waals surface area contributed by atoms with E-state index in [1.165, 1.54) is 12.1 Å². The molecule has 1 N–H and O–H groups in total. The molecule has 2 amide bonds. The van der Waals surface area contributed by atoms with Crippen LogP contribution in [0.1, 0.15) is 10.4 Å².